The van der Waals surface area contributed by atoms with E-state index >= 15 is 0 Å². The maximum atomic E-state index is 12.1. The fourth-order valence-electron chi connectivity index (χ4n) is 2.23. The average molecular weight is 277 g/mol. The number of ether oxygens (including phenoxy) is 1. The zero-order valence-electron chi connectivity index (χ0n) is 10.2. The Labute approximate surface area is 115 Å². The zero-order valence-corrected chi connectivity index (χ0v) is 10.9. The molecule has 2 heterocycles. The van der Waals surface area contributed by atoms with Gasteiger partial charge in [0, 0.05) is 18.2 Å². The van der Waals surface area contributed by atoms with Gasteiger partial charge < -0.3 is 15.0 Å². The Bertz CT molecular complexity index is 609. The highest BCUT2D eigenvalue weighted by atomic mass is 35.5. The van der Waals surface area contributed by atoms with Gasteiger partial charge in [-0.25, -0.2) is 0 Å². The minimum absolute atomic E-state index is 0.0282. The van der Waals surface area contributed by atoms with E-state index in [0.717, 1.165) is 17.7 Å². The van der Waals surface area contributed by atoms with Gasteiger partial charge in [0.2, 0.25) is 0 Å². The topological polar surface area (TPSA) is 54.1 Å². The molecule has 1 aromatic carbocycles. The molecule has 0 radical (unpaired) electrons. The predicted octanol–water partition coefficient (Wildman–Crippen LogP) is 2.92. The first-order valence-corrected chi connectivity index (χ1v) is 6.48. The highest BCUT2D eigenvalue weighted by Gasteiger charge is 2.23. The summed E-state index contributed by atoms with van der Waals surface area (Å²) in [5, 5.41) is 3.52. The van der Waals surface area contributed by atoms with Crippen molar-refractivity contribution in [3.8, 4) is 5.75 Å². The van der Waals surface area contributed by atoms with E-state index in [1.165, 1.54) is 0 Å². The van der Waals surface area contributed by atoms with Gasteiger partial charge in [0.15, 0.2) is 0 Å². The number of aromatic nitrogens is 1. The van der Waals surface area contributed by atoms with Crippen molar-refractivity contribution in [3.05, 3.63) is 52.8 Å². The number of carbonyl (C=O) groups excluding carboxylic acids is 1. The molecule has 0 saturated heterocycles. The van der Waals surface area contributed by atoms with Gasteiger partial charge in [0.05, 0.1) is 17.7 Å². The van der Waals surface area contributed by atoms with Gasteiger partial charge in [-0.1, -0.05) is 29.8 Å². The Hall–Kier alpha value is -1.94. The average Bonchev–Trinajstić information content (AvgIpc) is 2.86. The Morgan fingerprint density at radius 2 is 2.26 bits per heavy atom. The molecule has 5 heteroatoms. The molecule has 2 N–H and O–H groups in total. The molecule has 98 valence electrons. The van der Waals surface area contributed by atoms with E-state index in [0.29, 0.717) is 17.3 Å². The molecule has 0 unspecified atom stereocenters. The van der Waals surface area contributed by atoms with Crippen LogP contribution in [0.1, 0.15) is 28.5 Å². The van der Waals surface area contributed by atoms with Gasteiger partial charge in [0.1, 0.15) is 11.4 Å². The van der Waals surface area contributed by atoms with Crippen molar-refractivity contribution in [1.82, 2.24) is 10.3 Å². The molecule has 1 aromatic heterocycles. The molecule has 3 rings (SSSR count). The fourth-order valence-corrected chi connectivity index (χ4v) is 2.39. The Kier molecular flexibility index (Phi) is 3.17. The Morgan fingerprint density at radius 1 is 1.42 bits per heavy atom. The lowest BCUT2D eigenvalue weighted by Gasteiger charge is -2.26. The lowest BCUT2D eigenvalue weighted by Crippen LogP contribution is -2.32. The number of benzene rings is 1. The van der Waals surface area contributed by atoms with Crippen molar-refractivity contribution in [3.63, 3.8) is 0 Å². The number of fused-ring (bicyclic) bond motifs is 1. The van der Waals surface area contributed by atoms with Crippen molar-refractivity contribution in [1.29, 1.82) is 0 Å². The van der Waals surface area contributed by atoms with Crippen molar-refractivity contribution >= 4 is 17.5 Å². The number of nitrogens with one attached hydrogen (secondary N) is 2. The maximum Gasteiger partial charge on any atom is 0.268 e. The van der Waals surface area contributed by atoms with Gasteiger partial charge in [-0.2, -0.15) is 0 Å². The van der Waals surface area contributed by atoms with Crippen LogP contribution in [-0.2, 0) is 0 Å². The minimum Gasteiger partial charge on any atom is -0.493 e. The number of carbonyl (C=O) groups is 1. The SMILES string of the molecule is O=C(N[C@@H]1CCOc2ccccc21)c1cc(Cl)c[nH]1. The quantitative estimate of drug-likeness (QED) is 0.886. The molecule has 0 saturated carbocycles. The number of para-hydroxylation sites is 1. The van der Waals surface area contributed by atoms with Gasteiger partial charge in [-0.3, -0.25) is 4.79 Å². The van der Waals surface area contributed by atoms with Crippen molar-refractivity contribution in [2.75, 3.05) is 6.61 Å². The van der Waals surface area contributed by atoms with E-state index in [4.69, 9.17) is 16.3 Å². The second kappa shape index (κ2) is 4.97. The van der Waals surface area contributed by atoms with Crippen LogP contribution >= 0.6 is 11.6 Å². The molecule has 0 aliphatic carbocycles. The monoisotopic (exact) mass is 276 g/mol. The first-order valence-electron chi connectivity index (χ1n) is 6.10. The van der Waals surface area contributed by atoms with Crippen LogP contribution in [-0.4, -0.2) is 17.5 Å². The highest BCUT2D eigenvalue weighted by molar-refractivity contribution is 6.30. The third-order valence-electron chi connectivity index (χ3n) is 3.16. The van der Waals surface area contributed by atoms with E-state index in [1.807, 2.05) is 24.3 Å². The van der Waals surface area contributed by atoms with Gasteiger partial charge in [-0.05, 0) is 12.1 Å². The number of halogens is 1. The van der Waals surface area contributed by atoms with Crippen LogP contribution < -0.4 is 10.1 Å². The lowest BCUT2D eigenvalue weighted by atomic mass is 10.0. The first kappa shape index (κ1) is 12.1. The number of hydrogen-bond donors (Lipinski definition) is 2. The summed E-state index contributed by atoms with van der Waals surface area (Å²) in [6.45, 7) is 0.605. The molecule has 19 heavy (non-hydrogen) atoms. The number of rotatable bonds is 2. The molecule has 4 nitrogen and oxygen atoms in total. The number of hydrogen-bond acceptors (Lipinski definition) is 2. The highest BCUT2D eigenvalue weighted by Crippen LogP contribution is 2.31. The van der Waals surface area contributed by atoms with Gasteiger partial charge in [-0.15, -0.1) is 0 Å². The van der Waals surface area contributed by atoms with Crippen molar-refractivity contribution < 1.29 is 9.53 Å². The van der Waals surface area contributed by atoms with E-state index in [9.17, 15) is 4.79 Å². The number of H-pyrrole nitrogens is 1. The minimum atomic E-state index is -0.159. The zero-order chi connectivity index (χ0) is 13.2. The summed E-state index contributed by atoms with van der Waals surface area (Å²) in [5.74, 6) is 0.678. The van der Waals surface area contributed by atoms with Gasteiger partial charge in [0.25, 0.3) is 5.91 Å². The predicted molar refractivity (Wildman–Crippen MR) is 72.6 cm³/mol. The van der Waals surface area contributed by atoms with Gasteiger partial charge >= 0.3 is 0 Å². The van der Waals surface area contributed by atoms with Crippen LogP contribution in [0.15, 0.2) is 36.5 Å². The Morgan fingerprint density at radius 3 is 3.05 bits per heavy atom. The first-order chi connectivity index (χ1) is 9.24. The lowest BCUT2D eigenvalue weighted by molar-refractivity contribution is 0.0920. The van der Waals surface area contributed by atoms with Crippen LogP contribution in [0.2, 0.25) is 5.02 Å². The Balaban J connectivity index is 1.79. The fraction of sp³-hybridized carbons (Fsp3) is 0.214. The molecule has 0 fully saturated rings. The van der Waals surface area contributed by atoms with Crippen LogP contribution in [0.3, 0.4) is 0 Å². The molecular weight excluding hydrogens is 264 g/mol. The summed E-state index contributed by atoms with van der Waals surface area (Å²) < 4.78 is 5.56. The molecule has 1 atom stereocenters. The molecule has 0 spiro atoms. The van der Waals surface area contributed by atoms with E-state index in [-0.39, 0.29) is 11.9 Å². The van der Waals surface area contributed by atoms with Crippen LogP contribution in [0.25, 0.3) is 0 Å². The summed E-state index contributed by atoms with van der Waals surface area (Å²) in [6, 6.07) is 9.34. The van der Waals surface area contributed by atoms with Crippen molar-refractivity contribution in [2.24, 2.45) is 0 Å². The molecule has 1 amide bonds. The van der Waals surface area contributed by atoms with Crippen molar-refractivity contribution in [2.45, 2.75) is 12.5 Å². The number of aromatic amines is 1. The normalized spacial score (nSPS) is 17.4. The summed E-state index contributed by atoms with van der Waals surface area (Å²) in [4.78, 5) is 14.9. The molecule has 0 bridgehead atoms. The molecule has 1 aliphatic rings. The summed E-state index contributed by atoms with van der Waals surface area (Å²) in [6.07, 6.45) is 2.35. The molecular formula is C14H13ClN2O2. The van der Waals surface area contributed by atoms with E-state index in [2.05, 4.69) is 10.3 Å². The smallest absolute Gasteiger partial charge is 0.268 e. The third-order valence-corrected chi connectivity index (χ3v) is 3.37. The largest absolute Gasteiger partial charge is 0.493 e. The second-order valence-electron chi connectivity index (χ2n) is 4.43. The molecule has 1 aliphatic heterocycles. The van der Waals surface area contributed by atoms with E-state index in [1.54, 1.807) is 12.3 Å². The maximum absolute atomic E-state index is 12.1. The van der Waals surface area contributed by atoms with E-state index < -0.39 is 0 Å². The molecule has 2 aromatic rings. The number of amides is 1. The summed E-state index contributed by atoms with van der Waals surface area (Å²) in [5.41, 5.74) is 1.48. The standard InChI is InChI=1S/C14H13ClN2O2/c15-9-7-12(16-8-9)14(18)17-11-5-6-19-13-4-2-1-3-10(11)13/h1-4,7-8,11,16H,5-6H2,(H,17,18)/t11-/m1/s1. The van der Waals surface area contributed by atoms with Crippen LogP contribution in [0.5, 0.6) is 5.75 Å². The van der Waals surface area contributed by atoms with Crippen LogP contribution in [0, 0.1) is 0 Å². The summed E-state index contributed by atoms with van der Waals surface area (Å²) in [7, 11) is 0. The third kappa shape index (κ3) is 2.44. The second-order valence-corrected chi connectivity index (χ2v) is 4.87. The summed E-state index contributed by atoms with van der Waals surface area (Å²) >= 11 is 5.80. The van der Waals surface area contributed by atoms with Crippen LogP contribution in [0.4, 0.5) is 0 Å².